The Hall–Kier alpha value is -1.75. The highest BCUT2D eigenvalue weighted by atomic mass is 35.5. The molecule has 25 heavy (non-hydrogen) atoms. The number of amides is 2. The molecule has 1 aromatic carbocycles. The van der Waals surface area contributed by atoms with Crippen molar-refractivity contribution in [2.45, 2.75) is 52.0 Å². The van der Waals surface area contributed by atoms with Crippen LogP contribution in [0.4, 0.5) is 5.69 Å². The van der Waals surface area contributed by atoms with Crippen molar-refractivity contribution in [3.8, 4) is 5.75 Å². The third kappa shape index (κ3) is 4.88. The van der Waals surface area contributed by atoms with Crippen LogP contribution in [0.5, 0.6) is 5.75 Å². The van der Waals surface area contributed by atoms with E-state index in [1.165, 1.54) is 13.3 Å². The Bertz CT molecular complexity index is 621. The first-order valence-electron chi connectivity index (χ1n) is 8.89. The molecule has 0 radical (unpaired) electrons. The van der Waals surface area contributed by atoms with Crippen LogP contribution in [0.15, 0.2) is 18.2 Å². The van der Waals surface area contributed by atoms with Gasteiger partial charge in [0.15, 0.2) is 0 Å². The number of hydrogen-bond donors (Lipinski definition) is 0. The first-order valence-corrected chi connectivity index (χ1v) is 9.26. The molecule has 1 aliphatic rings. The maximum atomic E-state index is 12.7. The van der Waals surface area contributed by atoms with Crippen molar-refractivity contribution in [1.82, 2.24) is 4.90 Å². The highest BCUT2D eigenvalue weighted by Gasteiger charge is 2.26. The maximum Gasteiger partial charge on any atom is 0.224 e. The third-order valence-electron chi connectivity index (χ3n) is 4.78. The molecule has 0 bridgehead atoms. The monoisotopic (exact) mass is 366 g/mol. The van der Waals surface area contributed by atoms with Crippen molar-refractivity contribution >= 4 is 29.1 Å². The van der Waals surface area contributed by atoms with Crippen LogP contribution >= 0.6 is 11.6 Å². The van der Waals surface area contributed by atoms with Crippen LogP contribution in [0, 0.1) is 0 Å². The van der Waals surface area contributed by atoms with Gasteiger partial charge in [-0.15, -0.1) is 0 Å². The van der Waals surface area contributed by atoms with Crippen molar-refractivity contribution in [3.63, 3.8) is 0 Å². The topological polar surface area (TPSA) is 49.9 Å². The van der Waals surface area contributed by atoms with Crippen LogP contribution in [0.2, 0.25) is 5.02 Å². The summed E-state index contributed by atoms with van der Waals surface area (Å²) in [5.74, 6) is 0.536. The van der Waals surface area contributed by atoms with Crippen molar-refractivity contribution in [2.75, 3.05) is 25.1 Å². The van der Waals surface area contributed by atoms with Gasteiger partial charge in [-0.05, 0) is 43.9 Å². The Morgan fingerprint density at radius 1 is 1.36 bits per heavy atom. The summed E-state index contributed by atoms with van der Waals surface area (Å²) in [5.41, 5.74) is 0.598. The number of hydrogen-bond acceptors (Lipinski definition) is 3. The van der Waals surface area contributed by atoms with Crippen LogP contribution in [-0.4, -0.2) is 43.0 Å². The van der Waals surface area contributed by atoms with Gasteiger partial charge >= 0.3 is 0 Å². The number of piperidine rings is 1. The van der Waals surface area contributed by atoms with Crippen LogP contribution < -0.4 is 9.64 Å². The summed E-state index contributed by atoms with van der Waals surface area (Å²) in [5, 5.41) is 0.524. The fourth-order valence-corrected chi connectivity index (χ4v) is 3.59. The molecule has 0 saturated carbocycles. The van der Waals surface area contributed by atoms with E-state index >= 15 is 0 Å². The smallest absolute Gasteiger partial charge is 0.224 e. The second kappa shape index (κ2) is 9.09. The minimum absolute atomic E-state index is 0.110. The van der Waals surface area contributed by atoms with Gasteiger partial charge in [-0.3, -0.25) is 9.59 Å². The molecule has 0 aromatic heterocycles. The standard InChI is InChI=1S/C19H27ClN2O3/c1-4-16-7-5-6-11-22(16)19(24)10-12-21(14(2)23)17-13-15(20)8-9-18(17)25-3/h8-9,13,16H,4-7,10-12H2,1-3H3. The summed E-state index contributed by atoms with van der Waals surface area (Å²) in [6.07, 6.45) is 4.58. The van der Waals surface area contributed by atoms with E-state index in [0.717, 1.165) is 25.8 Å². The van der Waals surface area contributed by atoms with Crippen LogP contribution in [0.1, 0.15) is 46.0 Å². The highest BCUT2D eigenvalue weighted by molar-refractivity contribution is 6.31. The van der Waals surface area contributed by atoms with Crippen molar-refractivity contribution < 1.29 is 14.3 Å². The number of rotatable bonds is 6. The average Bonchev–Trinajstić information content (AvgIpc) is 2.61. The Labute approximate surface area is 154 Å². The molecule has 2 rings (SSSR count). The van der Waals surface area contributed by atoms with Gasteiger partial charge in [-0.2, -0.15) is 0 Å². The molecule has 6 heteroatoms. The summed E-state index contributed by atoms with van der Waals surface area (Å²) in [4.78, 5) is 28.4. The normalized spacial score (nSPS) is 17.3. The second-order valence-electron chi connectivity index (χ2n) is 6.38. The van der Waals surface area contributed by atoms with Gasteiger partial charge in [-0.1, -0.05) is 18.5 Å². The Kier molecular flexibility index (Phi) is 7.12. The molecule has 1 heterocycles. The average molecular weight is 367 g/mol. The second-order valence-corrected chi connectivity index (χ2v) is 6.82. The lowest BCUT2D eigenvalue weighted by molar-refractivity contribution is -0.134. The number of halogens is 1. The van der Waals surface area contributed by atoms with Gasteiger partial charge in [0, 0.05) is 37.5 Å². The molecule has 0 N–H and O–H groups in total. The number of anilines is 1. The minimum Gasteiger partial charge on any atom is -0.495 e. The van der Waals surface area contributed by atoms with Crippen LogP contribution in [0.3, 0.4) is 0 Å². The number of methoxy groups -OCH3 is 1. The molecule has 0 spiro atoms. The Morgan fingerprint density at radius 2 is 2.12 bits per heavy atom. The summed E-state index contributed by atoms with van der Waals surface area (Å²) in [7, 11) is 1.55. The molecule has 138 valence electrons. The van der Waals surface area contributed by atoms with E-state index in [2.05, 4.69) is 6.92 Å². The van der Waals surface area contributed by atoms with Gasteiger partial charge in [0.2, 0.25) is 11.8 Å². The lowest BCUT2D eigenvalue weighted by Crippen LogP contribution is -2.44. The molecule has 1 aromatic rings. The SMILES string of the molecule is CCC1CCCCN1C(=O)CCN(C(C)=O)c1cc(Cl)ccc1OC. The first-order chi connectivity index (χ1) is 12.0. The summed E-state index contributed by atoms with van der Waals surface area (Å²) in [6.45, 7) is 4.74. The van der Waals surface area contributed by atoms with Crippen molar-refractivity contribution in [3.05, 3.63) is 23.2 Å². The molecule has 1 saturated heterocycles. The zero-order valence-electron chi connectivity index (χ0n) is 15.3. The van der Waals surface area contributed by atoms with Gasteiger partial charge in [-0.25, -0.2) is 0 Å². The molecule has 1 atom stereocenters. The Morgan fingerprint density at radius 3 is 2.76 bits per heavy atom. The lowest BCUT2D eigenvalue weighted by Gasteiger charge is -2.36. The molecule has 0 aliphatic carbocycles. The van der Waals surface area contributed by atoms with Gasteiger partial charge < -0.3 is 14.5 Å². The molecular formula is C19H27ClN2O3. The number of carbonyl (C=O) groups excluding carboxylic acids is 2. The molecular weight excluding hydrogens is 340 g/mol. The van der Waals surface area contributed by atoms with E-state index in [9.17, 15) is 9.59 Å². The van der Waals surface area contributed by atoms with Crippen molar-refractivity contribution in [1.29, 1.82) is 0 Å². The lowest BCUT2D eigenvalue weighted by atomic mass is 9.99. The first kappa shape index (κ1) is 19.6. The van der Waals surface area contributed by atoms with Crippen LogP contribution in [0.25, 0.3) is 0 Å². The zero-order valence-corrected chi connectivity index (χ0v) is 16.0. The number of ether oxygens (including phenoxy) is 1. The van der Waals surface area contributed by atoms with E-state index < -0.39 is 0 Å². The van der Waals surface area contributed by atoms with E-state index in [-0.39, 0.29) is 11.8 Å². The van der Waals surface area contributed by atoms with Crippen molar-refractivity contribution in [2.24, 2.45) is 0 Å². The van der Waals surface area contributed by atoms with E-state index in [1.54, 1.807) is 30.2 Å². The number of benzene rings is 1. The van der Waals surface area contributed by atoms with Gasteiger partial charge in [0.05, 0.1) is 12.8 Å². The molecule has 1 aliphatic heterocycles. The molecule has 5 nitrogen and oxygen atoms in total. The fourth-order valence-electron chi connectivity index (χ4n) is 3.43. The maximum absolute atomic E-state index is 12.7. The van der Waals surface area contributed by atoms with Gasteiger partial charge in [0.25, 0.3) is 0 Å². The largest absolute Gasteiger partial charge is 0.495 e. The fraction of sp³-hybridized carbons (Fsp3) is 0.579. The van der Waals surface area contributed by atoms with E-state index in [4.69, 9.17) is 16.3 Å². The minimum atomic E-state index is -0.140. The number of likely N-dealkylation sites (tertiary alicyclic amines) is 1. The van der Waals surface area contributed by atoms with E-state index in [0.29, 0.717) is 35.5 Å². The Balaban J connectivity index is 2.11. The summed E-state index contributed by atoms with van der Waals surface area (Å²) in [6, 6.07) is 5.47. The van der Waals surface area contributed by atoms with Crippen LogP contribution in [-0.2, 0) is 9.59 Å². The molecule has 1 fully saturated rings. The third-order valence-corrected chi connectivity index (χ3v) is 5.01. The molecule has 1 unspecified atom stereocenters. The number of nitrogens with zero attached hydrogens (tertiary/aromatic N) is 2. The summed E-state index contributed by atoms with van der Waals surface area (Å²) >= 11 is 6.08. The molecule has 2 amide bonds. The quantitative estimate of drug-likeness (QED) is 0.767. The predicted octanol–water partition coefficient (Wildman–Crippen LogP) is 3.88. The van der Waals surface area contributed by atoms with Gasteiger partial charge in [0.1, 0.15) is 5.75 Å². The highest BCUT2D eigenvalue weighted by Crippen LogP contribution is 2.31. The number of carbonyl (C=O) groups is 2. The van der Waals surface area contributed by atoms with E-state index in [1.807, 2.05) is 4.90 Å². The zero-order chi connectivity index (χ0) is 18.4. The summed E-state index contributed by atoms with van der Waals surface area (Å²) < 4.78 is 5.34. The predicted molar refractivity (Wildman–Crippen MR) is 100 cm³/mol.